The van der Waals surface area contributed by atoms with Crippen molar-refractivity contribution in [1.29, 1.82) is 0 Å². The molecule has 7 heteroatoms. The van der Waals surface area contributed by atoms with Gasteiger partial charge in [0.1, 0.15) is 5.75 Å². The molecule has 0 saturated carbocycles. The summed E-state index contributed by atoms with van der Waals surface area (Å²) >= 11 is 0. The van der Waals surface area contributed by atoms with E-state index in [1.54, 1.807) is 47.4 Å². The Kier molecular flexibility index (Phi) is 6.16. The minimum absolute atomic E-state index is 0.00211. The quantitative estimate of drug-likeness (QED) is 0.317. The summed E-state index contributed by atoms with van der Waals surface area (Å²) in [6.07, 6.45) is 5.09. The molecule has 1 fully saturated rings. The second-order valence-electron chi connectivity index (χ2n) is 6.45. The molecule has 1 saturated heterocycles. The van der Waals surface area contributed by atoms with E-state index in [-0.39, 0.29) is 24.0 Å². The van der Waals surface area contributed by atoms with Crippen molar-refractivity contribution in [2.75, 3.05) is 19.7 Å². The van der Waals surface area contributed by atoms with Crippen molar-refractivity contribution >= 4 is 23.5 Å². The van der Waals surface area contributed by atoms with Crippen LogP contribution in [0.4, 0.5) is 5.69 Å². The Labute approximate surface area is 162 Å². The zero-order chi connectivity index (χ0) is 19.9. The first-order valence-corrected chi connectivity index (χ1v) is 9.00. The zero-order valence-electron chi connectivity index (χ0n) is 15.2. The molecule has 2 aromatic rings. The van der Waals surface area contributed by atoms with E-state index in [1.165, 1.54) is 18.2 Å². The Hall–Kier alpha value is -3.48. The number of benzene rings is 2. The minimum Gasteiger partial charge on any atom is -0.484 e. The number of rotatable bonds is 7. The standard InChI is InChI=1S/C21H20N2O5/c24-20(12-5-16-3-8-18(9-4-16)23(26)27)17-6-10-19(11-7-17)28-15-21(25)22-13-1-2-14-22/h3-12H,1-2,13-15H2/b12-5+. The molecule has 0 bridgehead atoms. The molecule has 0 atom stereocenters. The molecule has 1 amide bonds. The first-order chi connectivity index (χ1) is 13.5. The Balaban J connectivity index is 1.54. The van der Waals surface area contributed by atoms with Crippen molar-refractivity contribution in [1.82, 2.24) is 4.90 Å². The molecule has 1 aliphatic rings. The van der Waals surface area contributed by atoms with E-state index < -0.39 is 4.92 Å². The number of non-ortho nitro benzene ring substituents is 1. The highest BCUT2D eigenvalue weighted by molar-refractivity contribution is 6.06. The number of nitro benzene ring substituents is 1. The third kappa shape index (κ3) is 5.03. The predicted molar refractivity (Wildman–Crippen MR) is 104 cm³/mol. The number of likely N-dealkylation sites (tertiary alicyclic amines) is 1. The molecule has 0 radical (unpaired) electrons. The molecular weight excluding hydrogens is 360 g/mol. The van der Waals surface area contributed by atoms with Gasteiger partial charge in [0.05, 0.1) is 4.92 Å². The second kappa shape index (κ2) is 8.94. The normalized spacial score (nSPS) is 13.6. The number of carbonyl (C=O) groups is 2. The predicted octanol–water partition coefficient (Wildman–Crippen LogP) is 3.49. The largest absolute Gasteiger partial charge is 0.484 e. The summed E-state index contributed by atoms with van der Waals surface area (Å²) in [6.45, 7) is 1.57. The van der Waals surface area contributed by atoms with Crippen molar-refractivity contribution in [2.24, 2.45) is 0 Å². The van der Waals surface area contributed by atoms with Gasteiger partial charge in [-0.3, -0.25) is 19.7 Å². The van der Waals surface area contributed by atoms with Crippen LogP contribution in [-0.2, 0) is 4.79 Å². The average Bonchev–Trinajstić information content (AvgIpc) is 3.26. The monoisotopic (exact) mass is 380 g/mol. The summed E-state index contributed by atoms with van der Waals surface area (Å²) in [6, 6.07) is 12.5. The van der Waals surface area contributed by atoms with Gasteiger partial charge in [0, 0.05) is 30.8 Å². The van der Waals surface area contributed by atoms with Gasteiger partial charge in [0.15, 0.2) is 12.4 Å². The van der Waals surface area contributed by atoms with E-state index in [0.717, 1.165) is 25.9 Å². The number of amides is 1. The average molecular weight is 380 g/mol. The lowest BCUT2D eigenvalue weighted by Crippen LogP contribution is -2.32. The van der Waals surface area contributed by atoms with Gasteiger partial charge < -0.3 is 9.64 Å². The number of ketones is 1. The molecule has 144 valence electrons. The minimum atomic E-state index is -0.471. The van der Waals surface area contributed by atoms with Crippen molar-refractivity contribution in [3.63, 3.8) is 0 Å². The van der Waals surface area contributed by atoms with Gasteiger partial charge >= 0.3 is 0 Å². The van der Waals surface area contributed by atoms with Gasteiger partial charge in [-0.1, -0.05) is 6.08 Å². The fraction of sp³-hybridized carbons (Fsp3) is 0.238. The molecule has 3 rings (SSSR count). The highest BCUT2D eigenvalue weighted by atomic mass is 16.6. The Bertz CT molecular complexity index is 882. The summed E-state index contributed by atoms with van der Waals surface area (Å²) < 4.78 is 5.50. The van der Waals surface area contributed by atoms with Crippen LogP contribution in [0.3, 0.4) is 0 Å². The van der Waals surface area contributed by atoms with E-state index in [4.69, 9.17) is 4.74 Å². The van der Waals surface area contributed by atoms with Crippen LogP contribution in [-0.4, -0.2) is 41.2 Å². The summed E-state index contributed by atoms with van der Waals surface area (Å²) in [5.41, 5.74) is 1.18. The summed E-state index contributed by atoms with van der Waals surface area (Å²) in [5, 5.41) is 10.6. The molecule has 0 N–H and O–H groups in total. The number of nitrogens with zero attached hydrogens (tertiary/aromatic N) is 2. The molecule has 1 aliphatic heterocycles. The maximum absolute atomic E-state index is 12.2. The number of hydrogen-bond donors (Lipinski definition) is 0. The van der Waals surface area contributed by atoms with Crippen molar-refractivity contribution in [3.8, 4) is 5.75 Å². The van der Waals surface area contributed by atoms with Crippen molar-refractivity contribution < 1.29 is 19.2 Å². The maximum atomic E-state index is 12.2. The van der Waals surface area contributed by atoms with Gasteiger partial charge in [-0.15, -0.1) is 0 Å². The topological polar surface area (TPSA) is 89.7 Å². The maximum Gasteiger partial charge on any atom is 0.269 e. The molecule has 28 heavy (non-hydrogen) atoms. The van der Waals surface area contributed by atoms with Crippen molar-refractivity contribution in [2.45, 2.75) is 12.8 Å². The van der Waals surface area contributed by atoms with E-state index in [2.05, 4.69) is 0 Å². The fourth-order valence-electron chi connectivity index (χ4n) is 2.89. The van der Waals surface area contributed by atoms with Crippen LogP contribution in [0.2, 0.25) is 0 Å². The van der Waals surface area contributed by atoms with Crippen LogP contribution >= 0.6 is 0 Å². The first-order valence-electron chi connectivity index (χ1n) is 9.00. The number of ether oxygens (including phenoxy) is 1. The molecular formula is C21H20N2O5. The van der Waals surface area contributed by atoms with Gasteiger partial charge in [-0.2, -0.15) is 0 Å². The van der Waals surface area contributed by atoms with Gasteiger partial charge in [0.2, 0.25) is 0 Å². The highest BCUT2D eigenvalue weighted by Gasteiger charge is 2.18. The number of allylic oxidation sites excluding steroid dienone is 1. The number of hydrogen-bond acceptors (Lipinski definition) is 5. The lowest BCUT2D eigenvalue weighted by Gasteiger charge is -2.15. The first kappa shape index (κ1) is 19.3. The zero-order valence-corrected chi connectivity index (χ0v) is 15.2. The van der Waals surface area contributed by atoms with Crippen LogP contribution in [0, 0.1) is 10.1 Å². The van der Waals surface area contributed by atoms with Crippen LogP contribution in [0.15, 0.2) is 54.6 Å². The van der Waals surface area contributed by atoms with Gasteiger partial charge in [-0.25, -0.2) is 0 Å². The van der Waals surface area contributed by atoms with Gasteiger partial charge in [-0.05, 0) is 60.9 Å². The van der Waals surface area contributed by atoms with Crippen LogP contribution < -0.4 is 4.74 Å². The number of carbonyl (C=O) groups excluding carboxylic acids is 2. The lowest BCUT2D eigenvalue weighted by atomic mass is 10.1. The van der Waals surface area contributed by atoms with Crippen molar-refractivity contribution in [3.05, 3.63) is 75.8 Å². The van der Waals surface area contributed by atoms with Gasteiger partial charge in [0.25, 0.3) is 11.6 Å². The smallest absolute Gasteiger partial charge is 0.269 e. The molecule has 2 aromatic carbocycles. The van der Waals surface area contributed by atoms with E-state index >= 15 is 0 Å². The Morgan fingerprint density at radius 2 is 1.68 bits per heavy atom. The molecule has 1 heterocycles. The summed E-state index contributed by atoms with van der Waals surface area (Å²) in [7, 11) is 0. The highest BCUT2D eigenvalue weighted by Crippen LogP contribution is 2.16. The Morgan fingerprint density at radius 1 is 1.04 bits per heavy atom. The Morgan fingerprint density at radius 3 is 2.29 bits per heavy atom. The van der Waals surface area contributed by atoms with Crippen LogP contribution in [0.25, 0.3) is 6.08 Å². The van der Waals surface area contributed by atoms with Crippen LogP contribution in [0.1, 0.15) is 28.8 Å². The second-order valence-corrected chi connectivity index (χ2v) is 6.45. The molecule has 0 aromatic heterocycles. The molecule has 0 aliphatic carbocycles. The SMILES string of the molecule is O=C(/C=C/c1ccc([N+](=O)[O-])cc1)c1ccc(OCC(=O)N2CCCC2)cc1. The van der Waals surface area contributed by atoms with Crippen LogP contribution in [0.5, 0.6) is 5.75 Å². The summed E-state index contributed by atoms with van der Waals surface area (Å²) in [5.74, 6) is 0.310. The molecule has 0 spiro atoms. The summed E-state index contributed by atoms with van der Waals surface area (Å²) in [4.78, 5) is 36.2. The van der Waals surface area contributed by atoms with E-state index in [0.29, 0.717) is 16.9 Å². The third-order valence-corrected chi connectivity index (χ3v) is 4.49. The number of nitro groups is 1. The molecule has 0 unspecified atom stereocenters. The molecule has 7 nitrogen and oxygen atoms in total. The fourth-order valence-corrected chi connectivity index (χ4v) is 2.89. The lowest BCUT2D eigenvalue weighted by molar-refractivity contribution is -0.384. The van der Waals surface area contributed by atoms with E-state index in [1.807, 2.05) is 0 Å². The van der Waals surface area contributed by atoms with E-state index in [9.17, 15) is 19.7 Å². The third-order valence-electron chi connectivity index (χ3n) is 4.49.